The minimum absolute atomic E-state index is 0.790. The van der Waals surface area contributed by atoms with Crippen LogP contribution in [0.25, 0.3) is 5.52 Å². The van der Waals surface area contributed by atoms with Crippen molar-refractivity contribution in [3.05, 3.63) is 58.5 Å². The normalized spacial score (nSPS) is 10.9. The maximum Gasteiger partial charge on any atom is 0.154 e. The Kier molecular flexibility index (Phi) is 3.44. The predicted molar refractivity (Wildman–Crippen MR) is 84.0 cm³/mol. The van der Waals surface area contributed by atoms with Gasteiger partial charge in [-0.2, -0.15) is 5.10 Å². The molecule has 0 saturated heterocycles. The molecule has 0 aliphatic rings. The molecule has 4 nitrogen and oxygen atoms in total. The highest BCUT2D eigenvalue weighted by atomic mass is 79.9. The number of hydrogen-bond acceptors (Lipinski definition) is 3. The van der Waals surface area contributed by atoms with E-state index in [2.05, 4.69) is 49.1 Å². The summed E-state index contributed by atoms with van der Waals surface area (Å²) in [6.45, 7) is 2.78. The molecule has 0 bridgehead atoms. The quantitative estimate of drug-likeness (QED) is 0.737. The van der Waals surface area contributed by atoms with Gasteiger partial charge in [0, 0.05) is 30.5 Å². The van der Waals surface area contributed by atoms with E-state index in [1.807, 2.05) is 36.8 Å². The van der Waals surface area contributed by atoms with Gasteiger partial charge in [-0.25, -0.2) is 9.50 Å². The third-order valence-corrected chi connectivity index (χ3v) is 3.99. The first-order valence-corrected chi connectivity index (χ1v) is 7.20. The van der Waals surface area contributed by atoms with E-state index in [0.29, 0.717) is 0 Å². The van der Waals surface area contributed by atoms with Crippen LogP contribution in [0.5, 0.6) is 0 Å². The molecule has 0 amide bonds. The van der Waals surface area contributed by atoms with Crippen LogP contribution < -0.4 is 4.90 Å². The Labute approximate surface area is 126 Å². The maximum atomic E-state index is 4.50. The van der Waals surface area contributed by atoms with Crippen molar-refractivity contribution in [3.8, 4) is 0 Å². The van der Waals surface area contributed by atoms with Gasteiger partial charge in [0.05, 0.1) is 5.69 Å². The van der Waals surface area contributed by atoms with Crippen LogP contribution in [0.2, 0.25) is 0 Å². The minimum atomic E-state index is 0.790. The van der Waals surface area contributed by atoms with Crippen LogP contribution >= 0.6 is 15.9 Å². The van der Waals surface area contributed by atoms with Crippen molar-refractivity contribution in [3.63, 3.8) is 0 Å². The van der Waals surface area contributed by atoms with Crippen LogP contribution in [-0.2, 0) is 6.54 Å². The van der Waals surface area contributed by atoms with E-state index in [0.717, 1.165) is 28.0 Å². The highest BCUT2D eigenvalue weighted by Gasteiger charge is 2.11. The lowest BCUT2D eigenvalue weighted by Gasteiger charge is -2.19. The Morgan fingerprint density at radius 2 is 2.10 bits per heavy atom. The summed E-state index contributed by atoms with van der Waals surface area (Å²) in [6.07, 6.45) is 3.66. The molecule has 2 heterocycles. The Balaban J connectivity index is 1.97. The second kappa shape index (κ2) is 5.25. The van der Waals surface area contributed by atoms with Crippen molar-refractivity contribution in [2.24, 2.45) is 0 Å². The Bertz CT molecular complexity index is 750. The summed E-state index contributed by atoms with van der Waals surface area (Å²) in [5, 5.41) is 4.42. The van der Waals surface area contributed by atoms with Gasteiger partial charge in [0.1, 0.15) is 5.52 Å². The van der Waals surface area contributed by atoms with E-state index >= 15 is 0 Å². The molecule has 3 rings (SSSR count). The van der Waals surface area contributed by atoms with Crippen molar-refractivity contribution in [2.75, 3.05) is 11.9 Å². The lowest BCUT2D eigenvalue weighted by atomic mass is 10.2. The predicted octanol–water partition coefficient (Wildman–Crippen LogP) is 3.44. The van der Waals surface area contributed by atoms with Crippen LogP contribution in [0, 0.1) is 6.92 Å². The minimum Gasteiger partial charge on any atom is -0.354 e. The molecule has 3 aromatic rings. The van der Waals surface area contributed by atoms with Crippen LogP contribution in [-0.4, -0.2) is 21.6 Å². The molecule has 0 aliphatic heterocycles. The molecule has 0 saturated carbocycles. The Morgan fingerprint density at radius 1 is 1.30 bits per heavy atom. The third-order valence-electron chi connectivity index (χ3n) is 3.22. The van der Waals surface area contributed by atoms with Crippen molar-refractivity contribution >= 4 is 27.3 Å². The molecular formula is C15H15BrN4. The smallest absolute Gasteiger partial charge is 0.154 e. The lowest BCUT2D eigenvalue weighted by molar-refractivity contribution is 0.869. The number of anilines is 1. The summed E-state index contributed by atoms with van der Waals surface area (Å²) in [6, 6.07) is 10.3. The summed E-state index contributed by atoms with van der Waals surface area (Å²) in [7, 11) is 2.05. The number of aryl methyl sites for hydroxylation is 1. The fourth-order valence-electron chi connectivity index (χ4n) is 2.28. The number of hydrogen-bond donors (Lipinski definition) is 0. The topological polar surface area (TPSA) is 33.4 Å². The second-order valence-electron chi connectivity index (χ2n) is 4.81. The van der Waals surface area contributed by atoms with Crippen molar-refractivity contribution in [2.45, 2.75) is 13.5 Å². The average molecular weight is 331 g/mol. The number of fused-ring (bicyclic) bond motifs is 1. The molecule has 0 aliphatic carbocycles. The number of benzene rings is 1. The molecule has 0 unspecified atom stereocenters. The molecular weight excluding hydrogens is 316 g/mol. The van der Waals surface area contributed by atoms with Crippen molar-refractivity contribution < 1.29 is 0 Å². The third kappa shape index (κ3) is 2.41. The van der Waals surface area contributed by atoms with E-state index in [1.54, 1.807) is 6.20 Å². The van der Waals surface area contributed by atoms with Gasteiger partial charge >= 0.3 is 0 Å². The van der Waals surface area contributed by atoms with Crippen LogP contribution in [0.15, 0.2) is 47.2 Å². The number of halogens is 1. The number of aromatic nitrogens is 3. The number of rotatable bonds is 3. The van der Waals surface area contributed by atoms with E-state index in [1.165, 1.54) is 5.56 Å². The average Bonchev–Trinajstić information content (AvgIpc) is 2.81. The van der Waals surface area contributed by atoms with E-state index < -0.39 is 0 Å². The van der Waals surface area contributed by atoms with E-state index in [-0.39, 0.29) is 0 Å². The summed E-state index contributed by atoms with van der Waals surface area (Å²) in [5.74, 6) is 0.934. The highest BCUT2D eigenvalue weighted by Crippen LogP contribution is 2.23. The SMILES string of the molecule is Cc1cc2c(N(C)Cc3ccccc3Br)nccn2n1. The van der Waals surface area contributed by atoms with E-state index in [9.17, 15) is 0 Å². The first-order valence-electron chi connectivity index (χ1n) is 6.40. The zero-order chi connectivity index (χ0) is 14.1. The molecule has 1 aromatic carbocycles. The van der Waals surface area contributed by atoms with Gasteiger partial charge in [0.15, 0.2) is 5.82 Å². The molecule has 5 heteroatoms. The largest absolute Gasteiger partial charge is 0.354 e. The molecule has 0 spiro atoms. The zero-order valence-corrected chi connectivity index (χ0v) is 13.0. The van der Waals surface area contributed by atoms with Crippen molar-refractivity contribution in [1.29, 1.82) is 0 Å². The van der Waals surface area contributed by atoms with Crippen molar-refractivity contribution in [1.82, 2.24) is 14.6 Å². The second-order valence-corrected chi connectivity index (χ2v) is 5.67. The molecule has 2 aromatic heterocycles. The molecule has 0 radical (unpaired) electrons. The summed E-state index contributed by atoms with van der Waals surface area (Å²) < 4.78 is 2.98. The Morgan fingerprint density at radius 3 is 2.90 bits per heavy atom. The first kappa shape index (κ1) is 13.1. The molecule has 0 fully saturated rings. The maximum absolute atomic E-state index is 4.50. The fourth-order valence-corrected chi connectivity index (χ4v) is 2.69. The van der Waals surface area contributed by atoms with Gasteiger partial charge in [-0.3, -0.25) is 0 Å². The highest BCUT2D eigenvalue weighted by molar-refractivity contribution is 9.10. The summed E-state index contributed by atoms with van der Waals surface area (Å²) >= 11 is 3.59. The van der Waals surface area contributed by atoms with Gasteiger partial charge in [-0.1, -0.05) is 34.1 Å². The molecule has 102 valence electrons. The molecule has 0 N–H and O–H groups in total. The van der Waals surface area contributed by atoms with E-state index in [4.69, 9.17) is 0 Å². The molecule has 20 heavy (non-hydrogen) atoms. The summed E-state index contributed by atoms with van der Waals surface area (Å²) in [4.78, 5) is 6.63. The van der Waals surface area contributed by atoms with Gasteiger partial charge in [-0.05, 0) is 24.6 Å². The molecule has 0 atom stereocenters. The van der Waals surface area contributed by atoms with Gasteiger partial charge in [0.25, 0.3) is 0 Å². The van der Waals surface area contributed by atoms with Gasteiger partial charge < -0.3 is 4.90 Å². The monoisotopic (exact) mass is 330 g/mol. The standard InChI is InChI=1S/C15H15BrN4/c1-11-9-14-15(17-7-8-20(14)18-11)19(2)10-12-5-3-4-6-13(12)16/h3-9H,10H2,1-2H3. The Hall–Kier alpha value is -1.88. The van der Waals surface area contributed by atoms with Crippen LogP contribution in [0.3, 0.4) is 0 Å². The number of nitrogens with zero attached hydrogens (tertiary/aromatic N) is 4. The van der Waals surface area contributed by atoms with Gasteiger partial charge in [0.2, 0.25) is 0 Å². The first-order chi connectivity index (χ1) is 9.65. The van der Waals surface area contributed by atoms with Crippen LogP contribution in [0.4, 0.5) is 5.82 Å². The summed E-state index contributed by atoms with van der Waals surface area (Å²) in [5.41, 5.74) is 3.25. The van der Waals surface area contributed by atoms with Crippen LogP contribution in [0.1, 0.15) is 11.3 Å². The lowest BCUT2D eigenvalue weighted by Crippen LogP contribution is -2.18. The fraction of sp³-hybridized carbons (Fsp3) is 0.200. The zero-order valence-electron chi connectivity index (χ0n) is 11.4. The van der Waals surface area contributed by atoms with Gasteiger partial charge in [-0.15, -0.1) is 0 Å².